The summed E-state index contributed by atoms with van der Waals surface area (Å²) in [6, 6.07) is 8.83. The van der Waals surface area contributed by atoms with Gasteiger partial charge in [-0.1, -0.05) is 98.7 Å². The third kappa shape index (κ3) is 19.1. The normalized spacial score (nSPS) is 15.1. The molecule has 78 heavy (non-hydrogen) atoms. The number of hydrogen-bond donors (Lipinski definition) is 8. The first-order chi connectivity index (χ1) is 36.3. The highest BCUT2D eigenvalue weighted by Crippen LogP contribution is 2.29. The van der Waals surface area contributed by atoms with E-state index in [9.17, 15) is 56.4 Å². The molecule has 9 N–H and O–H groups in total. The molecule has 3 rings (SSSR count). The van der Waals surface area contributed by atoms with Crippen LogP contribution in [-0.2, 0) is 63.4 Å². The highest BCUT2D eigenvalue weighted by molar-refractivity contribution is 7.90. The Hall–Kier alpha value is -7.21. The zero-order valence-corrected chi connectivity index (χ0v) is 47.7. The van der Waals surface area contributed by atoms with E-state index >= 15 is 0 Å². The van der Waals surface area contributed by atoms with Gasteiger partial charge in [-0.3, -0.25) is 38.4 Å². The molecule has 1 fully saturated rings. The summed E-state index contributed by atoms with van der Waals surface area (Å²) in [6.07, 6.45) is 1.69. The molecule has 0 saturated carbocycles. The molecule has 5 unspecified atom stereocenters. The number of imide groups is 1. The number of benzene rings is 2. The lowest BCUT2D eigenvalue weighted by Gasteiger charge is -2.40. The van der Waals surface area contributed by atoms with Crippen molar-refractivity contribution in [3.63, 3.8) is 0 Å². The molecule has 0 radical (unpaired) electrons. The van der Waals surface area contributed by atoms with E-state index in [2.05, 4.69) is 36.6 Å². The minimum atomic E-state index is -4.50. The number of nitrogens with one attached hydrogen (secondary N) is 7. The molecule has 23 nitrogen and oxygen atoms in total. The van der Waals surface area contributed by atoms with Crippen molar-refractivity contribution in [2.45, 2.75) is 161 Å². The highest BCUT2D eigenvalue weighted by atomic mass is 32.2. The van der Waals surface area contributed by atoms with Gasteiger partial charge in [-0.25, -0.2) is 22.7 Å². The van der Waals surface area contributed by atoms with E-state index in [1.165, 1.54) is 30.0 Å². The Morgan fingerprint density at radius 1 is 0.769 bits per heavy atom. The fraction of sp³-hybridized carbons (Fsp3) is 0.556. The lowest BCUT2D eigenvalue weighted by molar-refractivity contribution is -0.197. The summed E-state index contributed by atoms with van der Waals surface area (Å²) in [5, 5.41) is 16.9. The van der Waals surface area contributed by atoms with Gasteiger partial charge in [0.15, 0.2) is 0 Å². The Morgan fingerprint density at radius 2 is 1.36 bits per heavy atom. The van der Waals surface area contributed by atoms with Crippen LogP contribution in [-0.4, -0.2) is 128 Å². The topological polar surface area (TPSA) is 331 Å². The number of sulfonamides is 1. The molecule has 1 heterocycles. The smallest absolute Gasteiger partial charge is 0.333 e. The van der Waals surface area contributed by atoms with Gasteiger partial charge < -0.3 is 47.4 Å². The molecule has 1 aliphatic rings. The van der Waals surface area contributed by atoms with Crippen LogP contribution in [0, 0.1) is 17.3 Å². The average Bonchev–Trinajstić information content (AvgIpc) is 3.67. The second-order valence-electron chi connectivity index (χ2n) is 21.6. The number of carbonyl (C=O) groups is 10. The van der Waals surface area contributed by atoms with Crippen LogP contribution in [0.2, 0.25) is 0 Å². The molecule has 0 aliphatic carbocycles. The summed E-state index contributed by atoms with van der Waals surface area (Å²) in [4.78, 5) is 135. The Morgan fingerprint density at radius 3 is 1.90 bits per heavy atom. The van der Waals surface area contributed by atoms with Gasteiger partial charge >= 0.3 is 12.0 Å². The van der Waals surface area contributed by atoms with Crippen LogP contribution in [0.4, 0.5) is 10.5 Å². The third-order valence-electron chi connectivity index (χ3n) is 13.2. The van der Waals surface area contributed by atoms with E-state index in [0.29, 0.717) is 5.06 Å². The quantitative estimate of drug-likeness (QED) is 0.0345. The van der Waals surface area contributed by atoms with E-state index in [1.54, 1.807) is 27.9 Å². The maximum Gasteiger partial charge on any atom is 0.333 e. The Labute approximate surface area is 457 Å². The Bertz CT molecular complexity index is 2620. The van der Waals surface area contributed by atoms with E-state index < -0.39 is 110 Å². The molecule has 24 heteroatoms. The van der Waals surface area contributed by atoms with Gasteiger partial charge in [-0.15, -0.1) is 5.06 Å². The minimum absolute atomic E-state index is 0.00712. The molecule has 10 amide bonds. The first-order valence-corrected chi connectivity index (χ1v) is 27.5. The molecule has 1 aliphatic heterocycles. The fourth-order valence-corrected chi connectivity index (χ4v) is 9.58. The van der Waals surface area contributed by atoms with E-state index in [4.69, 9.17) is 10.6 Å². The monoisotopic (exact) mass is 1110 g/mol. The van der Waals surface area contributed by atoms with Crippen LogP contribution in [0.3, 0.4) is 0 Å². The van der Waals surface area contributed by atoms with Gasteiger partial charge in [0.05, 0.1) is 17.0 Å². The maximum atomic E-state index is 14.4. The number of hydroxylamine groups is 2. The maximum absolute atomic E-state index is 14.4. The number of hydrogen-bond acceptors (Lipinski definition) is 14. The van der Waals surface area contributed by atoms with Crippen molar-refractivity contribution < 1.29 is 61.2 Å². The SMILES string of the molecule is CNC(C(=O)NC(C(=O)N(C)C(/C=C(\C)C(=O)NS(=O)(=O)c1ccc(NC(=O)C(CCCNC(N)=O)NC(=O)C(NC(=O)CCCCC(=O)ON2C(=O)CCC2=O)C(C)C)cc1)C(C)C)C(C)(C)C)C(C)(C)c1ccccc1. The van der Waals surface area contributed by atoms with Gasteiger partial charge in [-0.05, 0) is 86.7 Å². The van der Waals surface area contributed by atoms with Gasteiger partial charge in [0, 0.05) is 56.0 Å². The summed E-state index contributed by atoms with van der Waals surface area (Å²) >= 11 is 0. The number of amides is 10. The van der Waals surface area contributed by atoms with Crippen LogP contribution in [0.5, 0.6) is 0 Å². The molecule has 1 saturated heterocycles. The summed E-state index contributed by atoms with van der Waals surface area (Å²) in [5.41, 5.74) is 4.80. The van der Waals surface area contributed by atoms with Crippen molar-refractivity contribution in [1.82, 2.24) is 41.3 Å². The number of urea groups is 1. The molecule has 430 valence electrons. The zero-order chi connectivity index (χ0) is 58.9. The molecular formula is C54H80N10O13S. The van der Waals surface area contributed by atoms with Crippen LogP contribution in [0.25, 0.3) is 0 Å². The molecule has 0 aromatic heterocycles. The second-order valence-corrected chi connectivity index (χ2v) is 23.3. The number of unbranched alkanes of at least 4 members (excludes halogenated alkanes) is 1. The number of primary amides is 1. The van der Waals surface area contributed by atoms with Crippen molar-refractivity contribution in [2.75, 3.05) is 26.0 Å². The Kier molecular flexibility index (Phi) is 24.2. The molecule has 5 atom stereocenters. The number of carbonyl (C=O) groups excluding carboxylic acids is 10. The first kappa shape index (κ1) is 65.1. The second kappa shape index (κ2) is 29.0. The van der Waals surface area contributed by atoms with E-state index in [0.717, 1.165) is 17.7 Å². The van der Waals surface area contributed by atoms with Crippen molar-refractivity contribution in [3.8, 4) is 0 Å². The number of rotatable bonds is 28. The lowest BCUT2D eigenvalue weighted by atomic mass is 9.76. The van der Waals surface area contributed by atoms with E-state index in [-0.39, 0.29) is 85.9 Å². The molecule has 0 bridgehead atoms. The van der Waals surface area contributed by atoms with Crippen LogP contribution < -0.4 is 42.4 Å². The molecular weight excluding hydrogens is 1030 g/mol. The standard InChI is InChI=1S/C54H80N10O13S/c1-32(2)39(63(12)51(73)46(53(6,7)8)61-50(72)45(56-11)54(9,10)35-19-14-13-15-20-35)31-34(5)47(69)62-78(75,76)37-26-24-36(25-27-37)58-48(70)38(21-18-30-57-52(55)74)59-49(71)44(33(3)4)60-40(65)22-16-17-23-43(68)77-64-41(66)28-29-42(64)67/h13-15,19-20,24-27,31-33,38-39,44-46,56H,16-18,21-23,28-30H2,1-12H3,(H,58,70)(H,59,71)(H,60,65)(H,61,72)(H,62,69)(H3,55,57,74)/b34-31+. The largest absolute Gasteiger partial charge is 0.352 e. The summed E-state index contributed by atoms with van der Waals surface area (Å²) in [7, 11) is -1.26. The first-order valence-electron chi connectivity index (χ1n) is 26.0. The zero-order valence-electron chi connectivity index (χ0n) is 46.9. The van der Waals surface area contributed by atoms with Crippen molar-refractivity contribution in [3.05, 3.63) is 71.8 Å². The van der Waals surface area contributed by atoms with Gasteiger partial charge in [0.1, 0.15) is 18.1 Å². The summed E-state index contributed by atoms with van der Waals surface area (Å²) < 4.78 is 29.2. The number of nitrogens with two attached hydrogens (primary N) is 1. The van der Waals surface area contributed by atoms with Gasteiger partial charge in [0.25, 0.3) is 27.7 Å². The van der Waals surface area contributed by atoms with Crippen LogP contribution >= 0.6 is 0 Å². The summed E-state index contributed by atoms with van der Waals surface area (Å²) in [5.74, 6) is -6.49. The fourth-order valence-electron chi connectivity index (χ4n) is 8.56. The van der Waals surface area contributed by atoms with Crippen LogP contribution in [0.1, 0.15) is 126 Å². The number of nitrogens with zero attached hydrogens (tertiary/aromatic N) is 2. The van der Waals surface area contributed by atoms with Crippen molar-refractivity contribution in [1.29, 1.82) is 0 Å². The predicted molar refractivity (Wildman–Crippen MR) is 290 cm³/mol. The molecule has 2 aromatic carbocycles. The highest BCUT2D eigenvalue weighted by Gasteiger charge is 2.42. The molecule has 2 aromatic rings. The van der Waals surface area contributed by atoms with Crippen molar-refractivity contribution in [2.24, 2.45) is 23.0 Å². The number of likely N-dealkylation sites (N-methyl/N-ethyl adjacent to an activating group) is 2. The summed E-state index contributed by atoms with van der Waals surface area (Å²) in [6.45, 7) is 17.9. The lowest BCUT2D eigenvalue weighted by Crippen LogP contribution is -2.61. The average molecular weight is 1110 g/mol. The van der Waals surface area contributed by atoms with Gasteiger partial charge in [0.2, 0.25) is 29.5 Å². The Balaban J connectivity index is 1.70. The number of anilines is 1. The predicted octanol–water partition coefficient (Wildman–Crippen LogP) is 3.20. The molecule has 0 spiro atoms. The van der Waals surface area contributed by atoms with Crippen molar-refractivity contribution >= 4 is 75.0 Å². The van der Waals surface area contributed by atoms with Crippen LogP contribution in [0.15, 0.2) is 71.1 Å². The minimum Gasteiger partial charge on any atom is -0.352 e. The third-order valence-corrected chi connectivity index (χ3v) is 14.6. The van der Waals surface area contributed by atoms with Gasteiger partial charge in [-0.2, -0.15) is 0 Å². The van der Waals surface area contributed by atoms with E-state index in [1.807, 2.05) is 78.8 Å².